The normalized spacial score (nSPS) is 16.3. The van der Waals surface area contributed by atoms with E-state index in [0.29, 0.717) is 21.5 Å². The summed E-state index contributed by atoms with van der Waals surface area (Å²) in [6, 6.07) is 11.2. The van der Waals surface area contributed by atoms with Crippen LogP contribution < -0.4 is 0 Å². The molecule has 0 unspecified atom stereocenters. The highest BCUT2D eigenvalue weighted by molar-refractivity contribution is 6.31. The van der Waals surface area contributed by atoms with Crippen LogP contribution in [0.3, 0.4) is 0 Å². The minimum atomic E-state index is -1.02. The van der Waals surface area contributed by atoms with E-state index in [1.807, 2.05) is 12.1 Å². The number of benzene rings is 2. The Morgan fingerprint density at radius 3 is 2.26 bits per heavy atom. The van der Waals surface area contributed by atoms with Gasteiger partial charge >= 0.3 is 5.97 Å². The van der Waals surface area contributed by atoms with Crippen LogP contribution >= 0.6 is 11.6 Å². The summed E-state index contributed by atoms with van der Waals surface area (Å²) in [5, 5.41) is 10.1. The Hall–Kier alpha value is -2.92. The zero-order valence-electron chi connectivity index (χ0n) is 20.1. The zero-order valence-corrected chi connectivity index (χ0v) is 20.8. The maximum absolute atomic E-state index is 13.4. The average Bonchev–Trinajstić information content (AvgIpc) is 3.12. The van der Waals surface area contributed by atoms with Gasteiger partial charge in [-0.15, -0.1) is 0 Å². The van der Waals surface area contributed by atoms with Gasteiger partial charge in [-0.1, -0.05) is 51.4 Å². The summed E-state index contributed by atoms with van der Waals surface area (Å²) >= 11 is 6.17. The van der Waals surface area contributed by atoms with Crippen molar-refractivity contribution in [3.05, 3.63) is 69.9 Å². The van der Waals surface area contributed by atoms with Crippen LogP contribution in [0.1, 0.15) is 85.2 Å². The van der Waals surface area contributed by atoms with Crippen molar-refractivity contribution < 1.29 is 19.5 Å². The van der Waals surface area contributed by atoms with Gasteiger partial charge in [-0.25, -0.2) is 0 Å². The molecule has 34 heavy (non-hydrogen) atoms. The van der Waals surface area contributed by atoms with Gasteiger partial charge in [-0.2, -0.15) is 0 Å². The Kier molecular flexibility index (Phi) is 6.19. The van der Waals surface area contributed by atoms with Crippen molar-refractivity contribution in [1.29, 1.82) is 0 Å². The fourth-order valence-electron chi connectivity index (χ4n) is 4.99. The second-order valence-electron chi connectivity index (χ2n) is 10.6. The number of hydrogen-bond acceptors (Lipinski definition) is 3. The van der Waals surface area contributed by atoms with E-state index in [4.69, 9.17) is 16.7 Å². The summed E-state index contributed by atoms with van der Waals surface area (Å²) in [4.78, 5) is 37.0. The quantitative estimate of drug-likeness (QED) is 0.388. The number of carboxylic acids is 1. The van der Waals surface area contributed by atoms with Crippen LogP contribution in [0.5, 0.6) is 0 Å². The molecule has 0 radical (unpaired) electrons. The summed E-state index contributed by atoms with van der Waals surface area (Å²) in [7, 11) is 0. The highest BCUT2D eigenvalue weighted by atomic mass is 35.5. The number of nitrogens with zero attached hydrogens (tertiary/aromatic N) is 1. The number of carboxylic acid groups (broad SMARTS) is 1. The van der Waals surface area contributed by atoms with Crippen molar-refractivity contribution in [2.24, 2.45) is 0 Å². The third-order valence-corrected chi connectivity index (χ3v) is 7.43. The molecule has 5 nitrogen and oxygen atoms in total. The summed E-state index contributed by atoms with van der Waals surface area (Å²) in [5.74, 6) is -1.35. The molecule has 0 atom stereocenters. The van der Waals surface area contributed by atoms with Crippen LogP contribution in [0.15, 0.2) is 42.6 Å². The molecule has 1 heterocycles. The van der Waals surface area contributed by atoms with Crippen LogP contribution in [0.25, 0.3) is 10.9 Å². The number of aliphatic carboxylic acids is 1. The number of rotatable bonds is 7. The van der Waals surface area contributed by atoms with Crippen molar-refractivity contribution in [2.45, 2.75) is 70.8 Å². The summed E-state index contributed by atoms with van der Waals surface area (Å²) in [5.41, 5.74) is 4.36. The van der Waals surface area contributed by atoms with E-state index in [2.05, 4.69) is 33.8 Å². The molecule has 2 aromatic carbocycles. The molecule has 0 bridgehead atoms. The Bertz CT molecular complexity index is 1320. The largest absolute Gasteiger partial charge is 0.481 e. The summed E-state index contributed by atoms with van der Waals surface area (Å²) < 4.78 is 1.76. The predicted octanol–water partition coefficient (Wildman–Crippen LogP) is 6.57. The SMILES string of the molecule is CC1(C)CCC(C)(C)c2cc(C(=O)Cn3cc(C(=O)CCC(=O)O)c4cc(Cl)ccc43)ccc21. The minimum Gasteiger partial charge on any atom is -0.481 e. The minimum absolute atomic E-state index is 0.00175. The van der Waals surface area contributed by atoms with Crippen LogP contribution in [0.4, 0.5) is 0 Å². The molecular formula is C28H30ClNO4. The van der Waals surface area contributed by atoms with Crippen molar-refractivity contribution in [1.82, 2.24) is 4.57 Å². The number of carbonyl (C=O) groups is 3. The van der Waals surface area contributed by atoms with E-state index >= 15 is 0 Å². The fourth-order valence-corrected chi connectivity index (χ4v) is 5.16. The molecule has 1 aliphatic rings. The summed E-state index contributed by atoms with van der Waals surface area (Å²) in [6.07, 6.45) is 3.47. The predicted molar refractivity (Wildman–Crippen MR) is 134 cm³/mol. The molecule has 3 aromatic rings. The lowest BCUT2D eigenvalue weighted by Gasteiger charge is -2.42. The van der Waals surface area contributed by atoms with Gasteiger partial charge in [0.05, 0.1) is 13.0 Å². The molecule has 1 aliphatic carbocycles. The maximum Gasteiger partial charge on any atom is 0.303 e. The third-order valence-electron chi connectivity index (χ3n) is 7.20. The first-order valence-corrected chi connectivity index (χ1v) is 12.0. The van der Waals surface area contributed by atoms with Gasteiger partial charge in [0.15, 0.2) is 11.6 Å². The van der Waals surface area contributed by atoms with Gasteiger partial charge in [-0.3, -0.25) is 14.4 Å². The Morgan fingerprint density at radius 2 is 1.59 bits per heavy atom. The highest BCUT2D eigenvalue weighted by Crippen LogP contribution is 2.46. The molecule has 4 rings (SSSR count). The topological polar surface area (TPSA) is 76.4 Å². The van der Waals surface area contributed by atoms with E-state index in [9.17, 15) is 14.4 Å². The Morgan fingerprint density at radius 1 is 0.912 bits per heavy atom. The molecule has 1 aromatic heterocycles. The number of carbonyl (C=O) groups excluding carboxylic acids is 2. The van der Waals surface area contributed by atoms with Gasteiger partial charge in [0, 0.05) is 39.7 Å². The molecule has 0 saturated heterocycles. The van der Waals surface area contributed by atoms with Crippen molar-refractivity contribution in [3.8, 4) is 0 Å². The fraction of sp³-hybridized carbons (Fsp3) is 0.393. The number of halogens is 1. The number of aromatic nitrogens is 1. The lowest BCUT2D eigenvalue weighted by molar-refractivity contribution is -0.136. The molecule has 0 amide bonds. The van der Waals surface area contributed by atoms with E-state index in [0.717, 1.165) is 18.4 Å². The molecular weight excluding hydrogens is 450 g/mol. The molecule has 6 heteroatoms. The summed E-state index contributed by atoms with van der Waals surface area (Å²) in [6.45, 7) is 9.04. The van der Waals surface area contributed by atoms with E-state index < -0.39 is 5.97 Å². The zero-order chi connectivity index (χ0) is 24.8. The second kappa shape index (κ2) is 8.70. The first kappa shape index (κ1) is 24.2. The van der Waals surface area contributed by atoms with Crippen LogP contribution in [0, 0.1) is 0 Å². The standard InChI is InChI=1S/C28H30ClNO4/c1-27(2)11-12-28(3,4)22-13-17(5-7-21(22)27)25(32)16-30-15-20(24(31)9-10-26(33)34)19-14-18(29)6-8-23(19)30/h5-8,13-15H,9-12,16H2,1-4H3,(H,33,34). The van der Waals surface area contributed by atoms with Gasteiger partial charge in [-0.05, 0) is 59.1 Å². The first-order valence-electron chi connectivity index (χ1n) is 11.6. The van der Waals surface area contributed by atoms with Crippen LogP contribution in [0.2, 0.25) is 5.02 Å². The molecule has 0 aliphatic heterocycles. The Labute approximate surface area is 204 Å². The van der Waals surface area contributed by atoms with Gasteiger partial charge in [0.25, 0.3) is 0 Å². The van der Waals surface area contributed by atoms with Gasteiger partial charge in [0.2, 0.25) is 0 Å². The molecule has 1 N–H and O–H groups in total. The van der Waals surface area contributed by atoms with Crippen molar-refractivity contribution in [2.75, 3.05) is 0 Å². The third kappa shape index (κ3) is 4.54. The van der Waals surface area contributed by atoms with Crippen LogP contribution in [-0.2, 0) is 22.2 Å². The lowest BCUT2D eigenvalue weighted by atomic mass is 9.63. The maximum atomic E-state index is 13.4. The average molecular weight is 480 g/mol. The highest BCUT2D eigenvalue weighted by Gasteiger charge is 2.37. The molecule has 178 valence electrons. The number of fused-ring (bicyclic) bond motifs is 2. The lowest BCUT2D eigenvalue weighted by Crippen LogP contribution is -2.34. The van der Waals surface area contributed by atoms with E-state index in [1.54, 1.807) is 29.0 Å². The molecule has 0 saturated carbocycles. The number of Topliss-reactive ketones (excluding diaryl/α,β-unsaturated/α-hetero) is 2. The van der Waals surface area contributed by atoms with E-state index in [-0.39, 0.29) is 41.8 Å². The van der Waals surface area contributed by atoms with Crippen LogP contribution in [-0.4, -0.2) is 27.2 Å². The van der Waals surface area contributed by atoms with Gasteiger partial charge in [0.1, 0.15) is 0 Å². The smallest absolute Gasteiger partial charge is 0.303 e. The monoisotopic (exact) mass is 479 g/mol. The first-order chi connectivity index (χ1) is 15.9. The molecule has 0 spiro atoms. The Balaban J connectivity index is 1.69. The number of hydrogen-bond donors (Lipinski definition) is 1. The second-order valence-corrected chi connectivity index (χ2v) is 11.0. The molecule has 0 fully saturated rings. The van der Waals surface area contributed by atoms with Gasteiger partial charge < -0.3 is 9.67 Å². The van der Waals surface area contributed by atoms with E-state index in [1.165, 1.54) is 11.1 Å². The number of ketones is 2. The van der Waals surface area contributed by atoms with Crippen molar-refractivity contribution in [3.63, 3.8) is 0 Å². The van der Waals surface area contributed by atoms with Crippen molar-refractivity contribution >= 4 is 40.0 Å².